The molecule has 0 aliphatic carbocycles. The number of carbonyl (C=O) groups excluding carboxylic acids is 3. The standard InChI is InChI=1S/C16H23N3O5S/c1-10(14(20)18-11-4-6-12(23-2)7-5-11)24-15(21)13(8-9-25-3)19-16(17)22/h4-7,10,13H,8-9H2,1-3H3,(H,18,20)(H3,17,19,22)/t10-,13-/m1/s1. The lowest BCUT2D eigenvalue weighted by molar-refractivity contribution is -0.155. The van der Waals surface area contributed by atoms with Crippen LogP contribution in [0.3, 0.4) is 0 Å². The van der Waals surface area contributed by atoms with E-state index < -0.39 is 30.1 Å². The Morgan fingerprint density at radius 2 is 1.88 bits per heavy atom. The van der Waals surface area contributed by atoms with Crippen LogP contribution in [0.15, 0.2) is 24.3 Å². The fourth-order valence-corrected chi connectivity index (χ4v) is 2.36. The summed E-state index contributed by atoms with van der Waals surface area (Å²) < 4.78 is 10.2. The summed E-state index contributed by atoms with van der Waals surface area (Å²) in [4.78, 5) is 35.3. The molecular formula is C16H23N3O5S. The van der Waals surface area contributed by atoms with Gasteiger partial charge >= 0.3 is 12.0 Å². The molecule has 25 heavy (non-hydrogen) atoms. The molecule has 0 aliphatic heterocycles. The number of hydrogen-bond donors (Lipinski definition) is 3. The third-order valence-corrected chi connectivity index (χ3v) is 3.88. The zero-order valence-electron chi connectivity index (χ0n) is 14.4. The minimum absolute atomic E-state index is 0.357. The van der Waals surface area contributed by atoms with Gasteiger partial charge in [-0.15, -0.1) is 0 Å². The number of carbonyl (C=O) groups is 3. The first-order valence-electron chi connectivity index (χ1n) is 7.57. The predicted octanol–water partition coefficient (Wildman–Crippen LogP) is 1.36. The molecule has 1 aromatic carbocycles. The maximum atomic E-state index is 12.1. The number of primary amides is 1. The van der Waals surface area contributed by atoms with Crippen molar-refractivity contribution in [1.82, 2.24) is 5.32 Å². The van der Waals surface area contributed by atoms with Crippen LogP contribution >= 0.6 is 11.8 Å². The SMILES string of the molecule is COc1ccc(NC(=O)[C@@H](C)OC(=O)[C@@H](CCSC)NC(N)=O)cc1. The topological polar surface area (TPSA) is 120 Å². The van der Waals surface area contributed by atoms with Gasteiger partial charge in [0.1, 0.15) is 11.8 Å². The Morgan fingerprint density at radius 3 is 2.40 bits per heavy atom. The first-order valence-corrected chi connectivity index (χ1v) is 8.97. The summed E-state index contributed by atoms with van der Waals surface area (Å²) >= 11 is 1.51. The molecule has 0 saturated heterocycles. The summed E-state index contributed by atoms with van der Waals surface area (Å²) in [5, 5.41) is 4.96. The first-order chi connectivity index (χ1) is 11.9. The lowest BCUT2D eigenvalue weighted by Gasteiger charge is -2.19. The van der Waals surface area contributed by atoms with Gasteiger partial charge in [0.15, 0.2) is 6.10 Å². The third kappa shape index (κ3) is 7.34. The molecule has 0 radical (unpaired) electrons. The van der Waals surface area contributed by atoms with Gasteiger partial charge in [-0.1, -0.05) is 0 Å². The second-order valence-electron chi connectivity index (χ2n) is 5.14. The minimum atomic E-state index is -1.03. The van der Waals surface area contributed by atoms with E-state index in [0.29, 0.717) is 23.6 Å². The molecule has 0 unspecified atom stereocenters. The average Bonchev–Trinajstić information content (AvgIpc) is 2.58. The normalized spacial score (nSPS) is 12.6. The van der Waals surface area contributed by atoms with Gasteiger partial charge in [-0.05, 0) is 49.6 Å². The highest BCUT2D eigenvalue weighted by molar-refractivity contribution is 7.98. The molecule has 2 atom stereocenters. The lowest BCUT2D eigenvalue weighted by Crippen LogP contribution is -2.46. The minimum Gasteiger partial charge on any atom is -0.497 e. The van der Waals surface area contributed by atoms with Gasteiger partial charge in [-0.25, -0.2) is 9.59 Å². The van der Waals surface area contributed by atoms with E-state index in [0.717, 1.165) is 0 Å². The van der Waals surface area contributed by atoms with Crippen LogP contribution in [0.1, 0.15) is 13.3 Å². The molecule has 0 fully saturated rings. The molecule has 0 spiro atoms. The van der Waals surface area contributed by atoms with Gasteiger partial charge in [-0.2, -0.15) is 11.8 Å². The molecule has 138 valence electrons. The number of anilines is 1. The number of nitrogens with two attached hydrogens (primary N) is 1. The van der Waals surface area contributed by atoms with Crippen LogP contribution < -0.4 is 21.1 Å². The Morgan fingerprint density at radius 1 is 1.24 bits per heavy atom. The second kappa shape index (κ2) is 10.4. The van der Waals surface area contributed by atoms with Gasteiger partial charge in [-0.3, -0.25) is 4.79 Å². The molecular weight excluding hydrogens is 346 g/mol. The molecule has 4 N–H and O–H groups in total. The number of hydrogen-bond acceptors (Lipinski definition) is 6. The molecule has 0 saturated carbocycles. The number of urea groups is 1. The average molecular weight is 369 g/mol. The molecule has 1 aromatic rings. The van der Waals surface area contributed by atoms with Gasteiger partial charge in [0, 0.05) is 5.69 Å². The quantitative estimate of drug-likeness (QED) is 0.565. The summed E-state index contributed by atoms with van der Waals surface area (Å²) in [5.74, 6) is 0.102. The van der Waals surface area contributed by atoms with Crippen molar-refractivity contribution in [2.75, 3.05) is 24.4 Å². The van der Waals surface area contributed by atoms with Crippen molar-refractivity contribution in [3.63, 3.8) is 0 Å². The molecule has 0 bridgehead atoms. The Kier molecular flexibility index (Phi) is 8.62. The van der Waals surface area contributed by atoms with Crippen LogP contribution in [-0.2, 0) is 14.3 Å². The molecule has 0 aliphatic rings. The van der Waals surface area contributed by atoms with E-state index in [-0.39, 0.29) is 0 Å². The van der Waals surface area contributed by atoms with Crippen LogP contribution in [0.4, 0.5) is 10.5 Å². The number of methoxy groups -OCH3 is 1. The van der Waals surface area contributed by atoms with Crippen LogP contribution in [0, 0.1) is 0 Å². The summed E-state index contributed by atoms with van der Waals surface area (Å²) in [7, 11) is 1.54. The van der Waals surface area contributed by atoms with Crippen LogP contribution in [0.5, 0.6) is 5.75 Å². The maximum absolute atomic E-state index is 12.1. The zero-order chi connectivity index (χ0) is 18.8. The molecule has 3 amide bonds. The van der Waals surface area contributed by atoms with Gasteiger partial charge < -0.3 is 25.8 Å². The highest BCUT2D eigenvalue weighted by atomic mass is 32.2. The van der Waals surface area contributed by atoms with E-state index in [2.05, 4.69) is 10.6 Å². The number of esters is 1. The van der Waals surface area contributed by atoms with E-state index in [1.807, 2.05) is 6.26 Å². The number of benzene rings is 1. The van der Waals surface area contributed by atoms with E-state index in [4.69, 9.17) is 15.2 Å². The highest BCUT2D eigenvalue weighted by Crippen LogP contribution is 2.15. The summed E-state index contributed by atoms with van der Waals surface area (Å²) in [6.45, 7) is 1.45. The lowest BCUT2D eigenvalue weighted by atomic mass is 10.2. The zero-order valence-corrected chi connectivity index (χ0v) is 15.2. The number of nitrogens with one attached hydrogen (secondary N) is 2. The van der Waals surface area contributed by atoms with Crippen molar-refractivity contribution in [2.45, 2.75) is 25.5 Å². The fraction of sp³-hybridized carbons (Fsp3) is 0.438. The molecule has 1 rings (SSSR count). The van der Waals surface area contributed by atoms with Crippen LogP contribution in [-0.4, -0.2) is 49.2 Å². The molecule has 9 heteroatoms. The monoisotopic (exact) mass is 369 g/mol. The first kappa shape index (κ1) is 20.6. The van der Waals surface area contributed by atoms with E-state index in [9.17, 15) is 14.4 Å². The maximum Gasteiger partial charge on any atom is 0.329 e. The van der Waals surface area contributed by atoms with Crippen molar-refractivity contribution in [3.05, 3.63) is 24.3 Å². The van der Waals surface area contributed by atoms with Crippen molar-refractivity contribution >= 4 is 35.4 Å². The van der Waals surface area contributed by atoms with E-state index in [1.54, 1.807) is 31.4 Å². The number of ether oxygens (including phenoxy) is 2. The smallest absolute Gasteiger partial charge is 0.329 e. The summed E-state index contributed by atoms with van der Waals surface area (Å²) in [5.41, 5.74) is 5.61. The van der Waals surface area contributed by atoms with Crippen molar-refractivity contribution in [2.24, 2.45) is 5.73 Å². The Balaban J connectivity index is 2.60. The number of amides is 3. The molecule has 8 nitrogen and oxygen atoms in total. The van der Waals surface area contributed by atoms with Crippen molar-refractivity contribution in [1.29, 1.82) is 0 Å². The van der Waals surface area contributed by atoms with Crippen LogP contribution in [0.2, 0.25) is 0 Å². The fourth-order valence-electron chi connectivity index (χ4n) is 1.88. The number of rotatable bonds is 9. The molecule has 0 heterocycles. The summed E-state index contributed by atoms with van der Waals surface area (Å²) in [6.07, 6.45) is 1.20. The largest absolute Gasteiger partial charge is 0.497 e. The molecule has 0 aromatic heterocycles. The third-order valence-electron chi connectivity index (χ3n) is 3.23. The second-order valence-corrected chi connectivity index (χ2v) is 6.13. The van der Waals surface area contributed by atoms with Gasteiger partial charge in [0.25, 0.3) is 5.91 Å². The van der Waals surface area contributed by atoms with E-state index >= 15 is 0 Å². The highest BCUT2D eigenvalue weighted by Gasteiger charge is 2.25. The summed E-state index contributed by atoms with van der Waals surface area (Å²) in [6, 6.07) is 5.02. The van der Waals surface area contributed by atoms with Crippen molar-refractivity contribution < 1.29 is 23.9 Å². The number of thioether (sulfide) groups is 1. The van der Waals surface area contributed by atoms with Gasteiger partial charge in [0.05, 0.1) is 7.11 Å². The Hall–Kier alpha value is -2.42. The van der Waals surface area contributed by atoms with Crippen LogP contribution in [0.25, 0.3) is 0 Å². The Labute approximate surface area is 150 Å². The van der Waals surface area contributed by atoms with Gasteiger partial charge in [0.2, 0.25) is 0 Å². The van der Waals surface area contributed by atoms with Crippen molar-refractivity contribution in [3.8, 4) is 5.75 Å². The predicted molar refractivity (Wildman–Crippen MR) is 96.7 cm³/mol. The van der Waals surface area contributed by atoms with E-state index in [1.165, 1.54) is 18.7 Å². The Bertz CT molecular complexity index is 594.